The minimum Gasteiger partial charge on any atom is -0.308 e. The molecule has 0 radical (unpaired) electrons. The van der Waals surface area contributed by atoms with Gasteiger partial charge in [0.25, 0.3) is 0 Å². The van der Waals surface area contributed by atoms with Gasteiger partial charge in [-0.1, -0.05) is 48.5 Å². The third-order valence-electron chi connectivity index (χ3n) is 8.65. The highest BCUT2D eigenvalue weighted by molar-refractivity contribution is 6.12. The Bertz CT molecular complexity index is 2560. The number of nitrogens with zero attached hydrogens (tertiary/aromatic N) is 6. The van der Waals surface area contributed by atoms with Crippen LogP contribution in [0.2, 0.25) is 0 Å². The van der Waals surface area contributed by atoms with Crippen LogP contribution in [-0.2, 0) is 0 Å². The first-order valence-corrected chi connectivity index (χ1v) is 14.6. The Labute approximate surface area is 263 Å². The lowest BCUT2D eigenvalue weighted by Gasteiger charge is -2.11. The van der Waals surface area contributed by atoms with E-state index in [4.69, 9.17) is 0 Å². The van der Waals surface area contributed by atoms with Crippen molar-refractivity contribution in [3.8, 4) is 46.8 Å². The highest BCUT2D eigenvalue weighted by Gasteiger charge is 2.18. The SMILES string of the molecule is N#Cc1ccc(C#N)c(-n2c3ccccc3c3cc(-c4ccc5c(c4)c4ccccc4n5-c4cc(C#N)ccc4C#N)ccc32)c1. The van der Waals surface area contributed by atoms with Crippen LogP contribution in [0.15, 0.2) is 121 Å². The molecule has 0 saturated carbocycles. The topological polar surface area (TPSA) is 105 Å². The number of benzene rings is 6. The lowest BCUT2D eigenvalue weighted by atomic mass is 10.0. The fourth-order valence-electron chi connectivity index (χ4n) is 6.59. The number of aromatic nitrogens is 2. The largest absolute Gasteiger partial charge is 0.308 e. The molecule has 0 aliphatic rings. The zero-order valence-electron chi connectivity index (χ0n) is 24.2. The van der Waals surface area contributed by atoms with Gasteiger partial charge in [0.05, 0.1) is 67.8 Å². The predicted molar refractivity (Wildman–Crippen MR) is 179 cm³/mol. The number of para-hydroxylation sites is 2. The van der Waals surface area contributed by atoms with E-state index in [1.165, 1.54) is 0 Å². The molecule has 8 rings (SSSR count). The molecule has 0 N–H and O–H groups in total. The van der Waals surface area contributed by atoms with Crippen LogP contribution in [0.25, 0.3) is 66.1 Å². The lowest BCUT2D eigenvalue weighted by Crippen LogP contribution is -1.98. The minimum atomic E-state index is 0.491. The summed E-state index contributed by atoms with van der Waals surface area (Å²) in [5.74, 6) is 0. The molecule has 0 saturated heterocycles. The number of rotatable bonds is 3. The molecule has 2 aromatic heterocycles. The average molecular weight is 585 g/mol. The second-order valence-electron chi connectivity index (χ2n) is 11.1. The van der Waals surface area contributed by atoms with E-state index in [1.807, 2.05) is 36.4 Å². The maximum absolute atomic E-state index is 9.93. The Morgan fingerprint density at radius 1 is 0.370 bits per heavy atom. The van der Waals surface area contributed by atoms with Crippen molar-refractivity contribution in [2.45, 2.75) is 0 Å². The Kier molecular flexibility index (Phi) is 5.91. The standard InChI is InChI=1S/C40H20N6/c41-21-25-9-11-29(23-43)39(17-25)45-35-7-3-1-5-31(35)33-19-27(13-15-37(33)45)28-14-16-38-34(20-28)32-6-2-4-8-36(32)46(38)40-18-26(22-42)10-12-30(40)24-44/h1-20H. The van der Waals surface area contributed by atoms with E-state index in [0.29, 0.717) is 33.6 Å². The second-order valence-corrected chi connectivity index (χ2v) is 11.1. The highest BCUT2D eigenvalue weighted by atomic mass is 15.0. The van der Waals surface area contributed by atoms with Crippen molar-refractivity contribution in [1.29, 1.82) is 21.0 Å². The summed E-state index contributed by atoms with van der Waals surface area (Å²) >= 11 is 0. The molecule has 6 aromatic carbocycles. The van der Waals surface area contributed by atoms with Crippen molar-refractivity contribution in [2.24, 2.45) is 0 Å². The van der Waals surface area contributed by atoms with Crippen LogP contribution in [0.5, 0.6) is 0 Å². The summed E-state index contributed by atoms with van der Waals surface area (Å²) in [6.45, 7) is 0. The molecule has 0 amide bonds. The van der Waals surface area contributed by atoms with Gasteiger partial charge in [-0.15, -0.1) is 0 Å². The Balaban J connectivity index is 1.36. The van der Waals surface area contributed by atoms with Crippen LogP contribution in [-0.4, -0.2) is 9.13 Å². The molecule has 210 valence electrons. The molecular formula is C40H20N6. The van der Waals surface area contributed by atoms with Gasteiger partial charge < -0.3 is 9.13 Å². The van der Waals surface area contributed by atoms with Gasteiger partial charge in [0.2, 0.25) is 0 Å². The zero-order valence-corrected chi connectivity index (χ0v) is 24.2. The number of fused-ring (bicyclic) bond motifs is 6. The van der Waals surface area contributed by atoms with E-state index < -0.39 is 0 Å². The van der Waals surface area contributed by atoms with Gasteiger partial charge in [-0.05, 0) is 83.9 Å². The quantitative estimate of drug-likeness (QED) is 0.207. The van der Waals surface area contributed by atoms with E-state index in [-0.39, 0.29) is 0 Å². The Hall–Kier alpha value is -7.12. The number of hydrogen-bond acceptors (Lipinski definition) is 4. The summed E-state index contributed by atoms with van der Waals surface area (Å²) in [5, 5.41) is 43.2. The van der Waals surface area contributed by atoms with Crippen molar-refractivity contribution in [3.63, 3.8) is 0 Å². The normalized spacial score (nSPS) is 11.0. The van der Waals surface area contributed by atoms with Crippen LogP contribution in [0, 0.1) is 45.3 Å². The molecule has 0 atom stereocenters. The molecule has 0 spiro atoms. The Morgan fingerprint density at radius 2 is 0.783 bits per heavy atom. The Morgan fingerprint density at radius 3 is 1.20 bits per heavy atom. The first kappa shape index (κ1) is 26.5. The van der Waals surface area contributed by atoms with E-state index in [2.05, 4.69) is 81.9 Å². The molecule has 46 heavy (non-hydrogen) atoms. The minimum absolute atomic E-state index is 0.491. The molecule has 0 bridgehead atoms. The smallest absolute Gasteiger partial charge is 0.101 e. The van der Waals surface area contributed by atoms with Crippen LogP contribution < -0.4 is 0 Å². The summed E-state index contributed by atoms with van der Waals surface area (Å²) in [5.41, 5.74) is 9.16. The van der Waals surface area contributed by atoms with Crippen molar-refractivity contribution < 1.29 is 0 Å². The fraction of sp³-hybridized carbons (Fsp3) is 0. The molecule has 0 aliphatic carbocycles. The van der Waals surface area contributed by atoms with Crippen LogP contribution in [0.1, 0.15) is 22.3 Å². The third kappa shape index (κ3) is 3.86. The third-order valence-corrected chi connectivity index (χ3v) is 8.65. The lowest BCUT2D eigenvalue weighted by molar-refractivity contribution is 1.16. The molecular weight excluding hydrogens is 564 g/mol. The summed E-state index contributed by atoms with van der Waals surface area (Å²) < 4.78 is 4.12. The molecule has 6 heteroatoms. The molecule has 0 aliphatic heterocycles. The predicted octanol–water partition coefficient (Wildman–Crippen LogP) is 9.03. The van der Waals surface area contributed by atoms with Gasteiger partial charge in [-0.3, -0.25) is 0 Å². The van der Waals surface area contributed by atoms with Crippen molar-refractivity contribution in [3.05, 3.63) is 144 Å². The van der Waals surface area contributed by atoms with Gasteiger partial charge in [0.15, 0.2) is 0 Å². The summed E-state index contributed by atoms with van der Waals surface area (Å²) in [7, 11) is 0. The van der Waals surface area contributed by atoms with E-state index >= 15 is 0 Å². The summed E-state index contributed by atoms with van der Waals surface area (Å²) in [6.07, 6.45) is 0. The van der Waals surface area contributed by atoms with Gasteiger partial charge >= 0.3 is 0 Å². The van der Waals surface area contributed by atoms with Gasteiger partial charge in [0, 0.05) is 21.5 Å². The molecule has 6 nitrogen and oxygen atoms in total. The monoisotopic (exact) mass is 584 g/mol. The fourth-order valence-corrected chi connectivity index (χ4v) is 6.59. The molecule has 8 aromatic rings. The molecule has 2 heterocycles. The first-order chi connectivity index (χ1) is 22.6. The number of hydrogen-bond donors (Lipinski definition) is 0. The van der Waals surface area contributed by atoms with Crippen LogP contribution >= 0.6 is 0 Å². The average Bonchev–Trinajstić information content (AvgIpc) is 3.63. The maximum atomic E-state index is 9.93. The zero-order chi connectivity index (χ0) is 31.4. The van der Waals surface area contributed by atoms with Crippen molar-refractivity contribution in [2.75, 3.05) is 0 Å². The second kappa shape index (κ2) is 10.3. The number of nitriles is 4. The van der Waals surface area contributed by atoms with Crippen LogP contribution in [0.4, 0.5) is 0 Å². The van der Waals surface area contributed by atoms with E-state index in [1.54, 1.807) is 36.4 Å². The molecule has 0 fully saturated rings. The van der Waals surface area contributed by atoms with Crippen molar-refractivity contribution >= 4 is 43.6 Å². The van der Waals surface area contributed by atoms with Crippen molar-refractivity contribution in [1.82, 2.24) is 9.13 Å². The summed E-state index contributed by atoms with van der Waals surface area (Å²) in [4.78, 5) is 0. The first-order valence-electron chi connectivity index (χ1n) is 14.6. The van der Waals surface area contributed by atoms with Gasteiger partial charge in [0.1, 0.15) is 12.1 Å². The van der Waals surface area contributed by atoms with E-state index in [0.717, 1.165) is 54.7 Å². The highest BCUT2D eigenvalue weighted by Crippen LogP contribution is 2.39. The maximum Gasteiger partial charge on any atom is 0.101 e. The summed E-state index contributed by atoms with van der Waals surface area (Å²) in [6, 6.07) is 48.2. The van der Waals surface area contributed by atoms with E-state index in [9.17, 15) is 21.0 Å². The van der Waals surface area contributed by atoms with Gasteiger partial charge in [-0.2, -0.15) is 21.0 Å². The molecule has 0 unspecified atom stereocenters. The van der Waals surface area contributed by atoms with Gasteiger partial charge in [-0.25, -0.2) is 0 Å². The van der Waals surface area contributed by atoms with Crippen LogP contribution in [0.3, 0.4) is 0 Å².